The molecule has 0 unspecified atom stereocenters. The minimum Gasteiger partial charge on any atom is -0.475 e. The van der Waals surface area contributed by atoms with Crippen LogP contribution in [0.2, 0.25) is 0 Å². The molecule has 144 valence electrons. The highest BCUT2D eigenvalue weighted by Gasteiger charge is 2.29. The summed E-state index contributed by atoms with van der Waals surface area (Å²) in [5, 5.41) is 12.1. The fourth-order valence-corrected chi connectivity index (χ4v) is 3.62. The monoisotopic (exact) mass is 371 g/mol. The van der Waals surface area contributed by atoms with Crippen molar-refractivity contribution in [1.29, 1.82) is 0 Å². The summed E-state index contributed by atoms with van der Waals surface area (Å²) in [6, 6.07) is 3.72. The van der Waals surface area contributed by atoms with Gasteiger partial charge in [-0.05, 0) is 32.3 Å². The predicted octanol–water partition coefficient (Wildman–Crippen LogP) is 1.49. The van der Waals surface area contributed by atoms with Gasteiger partial charge in [0.2, 0.25) is 5.88 Å². The molecule has 0 atom stereocenters. The molecule has 2 aromatic heterocycles. The first-order valence-corrected chi connectivity index (χ1v) is 9.63. The fourth-order valence-electron chi connectivity index (χ4n) is 3.62. The second kappa shape index (κ2) is 8.04. The average molecular weight is 371 g/mol. The number of ether oxygens (including phenoxy) is 1. The van der Waals surface area contributed by atoms with Gasteiger partial charge in [-0.15, -0.1) is 5.10 Å². The number of rotatable bonds is 5. The Balaban J connectivity index is 1.24. The number of carbonyl (C=O) groups is 1. The first kappa shape index (κ1) is 17.9. The molecular weight excluding hydrogens is 346 g/mol. The minimum absolute atomic E-state index is 0.00716. The van der Waals surface area contributed by atoms with E-state index in [2.05, 4.69) is 20.3 Å². The molecule has 1 aliphatic carbocycles. The molecule has 8 nitrogen and oxygen atoms in total. The Kier molecular flexibility index (Phi) is 5.33. The molecule has 8 heteroatoms. The van der Waals surface area contributed by atoms with Crippen molar-refractivity contribution in [3.63, 3.8) is 0 Å². The van der Waals surface area contributed by atoms with E-state index in [1.54, 1.807) is 0 Å². The van der Waals surface area contributed by atoms with Crippen LogP contribution >= 0.6 is 0 Å². The van der Waals surface area contributed by atoms with Crippen LogP contribution < -0.4 is 4.74 Å². The van der Waals surface area contributed by atoms with Gasteiger partial charge in [0, 0.05) is 50.8 Å². The lowest BCUT2D eigenvalue weighted by Crippen LogP contribution is -2.49. The lowest BCUT2D eigenvalue weighted by molar-refractivity contribution is 0.0608. The van der Waals surface area contributed by atoms with Gasteiger partial charge in [0.05, 0.1) is 5.69 Å². The van der Waals surface area contributed by atoms with Gasteiger partial charge in [0.1, 0.15) is 12.4 Å². The summed E-state index contributed by atoms with van der Waals surface area (Å²) in [6.45, 7) is 6.31. The van der Waals surface area contributed by atoms with Crippen LogP contribution in [0.3, 0.4) is 0 Å². The van der Waals surface area contributed by atoms with Crippen LogP contribution in [0.5, 0.6) is 5.88 Å². The highest BCUT2D eigenvalue weighted by atomic mass is 16.5. The lowest BCUT2D eigenvalue weighted by Gasteiger charge is -2.34. The second-order valence-electron chi connectivity index (χ2n) is 7.14. The van der Waals surface area contributed by atoms with E-state index < -0.39 is 0 Å². The third-order valence-corrected chi connectivity index (χ3v) is 5.24. The zero-order valence-electron chi connectivity index (χ0n) is 15.7. The number of piperazine rings is 1. The van der Waals surface area contributed by atoms with Gasteiger partial charge in [0.15, 0.2) is 5.69 Å². The van der Waals surface area contributed by atoms with Crippen LogP contribution in [-0.2, 0) is 12.8 Å². The van der Waals surface area contributed by atoms with E-state index in [4.69, 9.17) is 9.26 Å². The van der Waals surface area contributed by atoms with Crippen molar-refractivity contribution in [2.24, 2.45) is 0 Å². The van der Waals surface area contributed by atoms with Gasteiger partial charge in [-0.2, -0.15) is 5.10 Å². The number of hydrogen-bond donors (Lipinski definition) is 0. The summed E-state index contributed by atoms with van der Waals surface area (Å²) >= 11 is 0. The molecule has 1 aliphatic heterocycles. The first-order chi connectivity index (χ1) is 13.2. The summed E-state index contributed by atoms with van der Waals surface area (Å²) in [7, 11) is 0. The maximum atomic E-state index is 12.8. The van der Waals surface area contributed by atoms with Crippen molar-refractivity contribution >= 4 is 5.91 Å². The van der Waals surface area contributed by atoms with E-state index in [1.165, 1.54) is 0 Å². The smallest absolute Gasteiger partial charge is 0.276 e. The number of amides is 1. The van der Waals surface area contributed by atoms with Crippen LogP contribution in [0.1, 0.15) is 40.3 Å². The Morgan fingerprint density at radius 1 is 1.15 bits per heavy atom. The molecule has 0 saturated carbocycles. The predicted molar refractivity (Wildman–Crippen MR) is 97.8 cm³/mol. The van der Waals surface area contributed by atoms with Crippen LogP contribution in [0.25, 0.3) is 0 Å². The van der Waals surface area contributed by atoms with Gasteiger partial charge < -0.3 is 14.2 Å². The van der Waals surface area contributed by atoms with Gasteiger partial charge in [-0.1, -0.05) is 5.16 Å². The summed E-state index contributed by atoms with van der Waals surface area (Å²) in [6.07, 6.45) is 4.02. The largest absolute Gasteiger partial charge is 0.475 e. The summed E-state index contributed by atoms with van der Waals surface area (Å²) in [4.78, 5) is 17.0. The molecule has 1 saturated heterocycles. The Bertz CT molecular complexity index is 781. The number of nitrogens with zero attached hydrogens (tertiary/aromatic N) is 5. The number of fused-ring (bicyclic) bond motifs is 1. The standard InChI is InChI=1S/C19H25N5O3/c1-14-6-7-17(21-20-14)26-13-12-23-8-10-24(11-9-23)19(25)18-15-4-2-3-5-16(15)27-22-18/h6-7H,2-5,8-13H2,1H3. The van der Waals surface area contributed by atoms with Crippen molar-refractivity contribution < 1.29 is 14.1 Å². The van der Waals surface area contributed by atoms with Crippen molar-refractivity contribution in [3.8, 4) is 5.88 Å². The summed E-state index contributed by atoms with van der Waals surface area (Å²) in [5.41, 5.74) is 2.43. The third kappa shape index (κ3) is 4.10. The van der Waals surface area contributed by atoms with Crippen LogP contribution in [-0.4, -0.2) is 70.4 Å². The molecule has 1 fully saturated rings. The second-order valence-corrected chi connectivity index (χ2v) is 7.14. The van der Waals surface area contributed by atoms with E-state index in [0.29, 0.717) is 31.3 Å². The number of carbonyl (C=O) groups excluding carboxylic acids is 1. The Morgan fingerprint density at radius 3 is 2.74 bits per heavy atom. The van der Waals surface area contributed by atoms with Gasteiger partial charge in [0.25, 0.3) is 5.91 Å². The van der Waals surface area contributed by atoms with Crippen LogP contribution in [0, 0.1) is 6.92 Å². The maximum absolute atomic E-state index is 12.8. The Labute approximate surface area is 158 Å². The van der Waals surface area contributed by atoms with Gasteiger partial charge in [-0.25, -0.2) is 0 Å². The Morgan fingerprint density at radius 2 is 1.96 bits per heavy atom. The van der Waals surface area contributed by atoms with Crippen molar-refractivity contribution in [1.82, 2.24) is 25.2 Å². The van der Waals surface area contributed by atoms with E-state index >= 15 is 0 Å². The van der Waals surface area contributed by atoms with Gasteiger partial charge in [-0.3, -0.25) is 9.69 Å². The molecule has 0 radical (unpaired) electrons. The van der Waals surface area contributed by atoms with Crippen molar-refractivity contribution in [3.05, 3.63) is 34.8 Å². The summed E-state index contributed by atoms with van der Waals surface area (Å²) < 4.78 is 11.0. The first-order valence-electron chi connectivity index (χ1n) is 9.63. The molecule has 2 aromatic rings. The molecule has 2 aliphatic rings. The van der Waals surface area contributed by atoms with Crippen LogP contribution in [0.4, 0.5) is 0 Å². The highest BCUT2D eigenvalue weighted by molar-refractivity contribution is 5.94. The van der Waals surface area contributed by atoms with Crippen molar-refractivity contribution in [2.45, 2.75) is 32.6 Å². The highest BCUT2D eigenvalue weighted by Crippen LogP contribution is 2.25. The molecule has 27 heavy (non-hydrogen) atoms. The summed E-state index contributed by atoms with van der Waals surface area (Å²) in [5.74, 6) is 1.46. The molecule has 3 heterocycles. The molecule has 0 N–H and O–H groups in total. The number of hydrogen-bond acceptors (Lipinski definition) is 7. The normalized spacial score (nSPS) is 17.6. The van der Waals surface area contributed by atoms with Crippen LogP contribution in [0.15, 0.2) is 16.7 Å². The zero-order valence-corrected chi connectivity index (χ0v) is 15.7. The topological polar surface area (TPSA) is 84.6 Å². The lowest BCUT2D eigenvalue weighted by atomic mass is 9.96. The molecule has 1 amide bonds. The fraction of sp³-hybridized carbons (Fsp3) is 0.579. The molecule has 4 rings (SSSR count). The third-order valence-electron chi connectivity index (χ3n) is 5.24. The van der Waals surface area contributed by atoms with E-state index in [1.807, 2.05) is 24.0 Å². The van der Waals surface area contributed by atoms with E-state index in [0.717, 1.165) is 62.3 Å². The van der Waals surface area contributed by atoms with E-state index in [-0.39, 0.29) is 5.91 Å². The quantitative estimate of drug-likeness (QED) is 0.787. The SMILES string of the molecule is Cc1ccc(OCCN2CCN(C(=O)c3noc4c3CCCC4)CC2)nn1. The Hall–Kier alpha value is -2.48. The minimum atomic E-state index is 0.00716. The van der Waals surface area contributed by atoms with Gasteiger partial charge >= 0.3 is 0 Å². The van der Waals surface area contributed by atoms with E-state index in [9.17, 15) is 4.79 Å². The number of aryl methyl sites for hydroxylation is 2. The molecule has 0 aromatic carbocycles. The molecular formula is C19H25N5O3. The average Bonchev–Trinajstić information content (AvgIpc) is 3.14. The molecule has 0 bridgehead atoms. The zero-order chi connectivity index (χ0) is 18.6. The number of aromatic nitrogens is 3. The molecule has 0 spiro atoms. The van der Waals surface area contributed by atoms with Crippen molar-refractivity contribution in [2.75, 3.05) is 39.3 Å². The maximum Gasteiger partial charge on any atom is 0.276 e.